The minimum atomic E-state index is -3.89. The Balaban J connectivity index is 3.19. The number of rotatable bonds is 7. The van der Waals surface area contributed by atoms with Gasteiger partial charge in [0.05, 0.1) is 5.69 Å². The molecule has 0 aliphatic heterocycles. The summed E-state index contributed by atoms with van der Waals surface area (Å²) in [5.41, 5.74) is 5.60. The molecule has 6 heteroatoms. The highest BCUT2D eigenvalue weighted by molar-refractivity contribution is 7.89. The molecule has 0 heterocycles. The fourth-order valence-electron chi connectivity index (χ4n) is 2.16. The Kier molecular flexibility index (Phi) is 5.95. The van der Waals surface area contributed by atoms with Crippen LogP contribution in [0.25, 0.3) is 0 Å². The van der Waals surface area contributed by atoms with E-state index in [-0.39, 0.29) is 11.6 Å². The SMILES string of the molecule is CCC(CC)CN(CC)S(=O)(=O)c1c(N)cccc1F. The van der Waals surface area contributed by atoms with Gasteiger partial charge in [-0.05, 0) is 18.1 Å². The Labute approximate surface area is 120 Å². The Morgan fingerprint density at radius 3 is 2.30 bits per heavy atom. The number of nitrogens with zero attached hydrogens (tertiary/aromatic N) is 1. The molecule has 0 saturated heterocycles. The van der Waals surface area contributed by atoms with Crippen LogP contribution in [0.4, 0.5) is 10.1 Å². The number of sulfonamides is 1. The first kappa shape index (κ1) is 16.9. The molecule has 1 aromatic carbocycles. The summed E-state index contributed by atoms with van der Waals surface area (Å²) in [7, 11) is -3.89. The summed E-state index contributed by atoms with van der Waals surface area (Å²) in [5.74, 6) is -0.536. The van der Waals surface area contributed by atoms with E-state index in [1.807, 2.05) is 13.8 Å². The average molecular weight is 302 g/mol. The summed E-state index contributed by atoms with van der Waals surface area (Å²) >= 11 is 0. The molecular weight excluding hydrogens is 279 g/mol. The second-order valence-electron chi connectivity index (χ2n) is 4.80. The molecule has 0 unspecified atom stereocenters. The lowest BCUT2D eigenvalue weighted by atomic mass is 10.0. The van der Waals surface area contributed by atoms with Gasteiger partial charge in [0.1, 0.15) is 10.7 Å². The average Bonchev–Trinajstić information content (AvgIpc) is 2.39. The molecule has 0 aliphatic carbocycles. The standard InChI is InChI=1S/C14H23FN2O2S/c1-4-11(5-2)10-17(6-3)20(18,19)14-12(15)8-7-9-13(14)16/h7-9,11H,4-6,10,16H2,1-3H3. The van der Waals surface area contributed by atoms with Gasteiger partial charge in [0.25, 0.3) is 0 Å². The number of halogens is 1. The smallest absolute Gasteiger partial charge is 0.248 e. The molecule has 1 aromatic rings. The molecule has 2 N–H and O–H groups in total. The van der Waals surface area contributed by atoms with Crippen molar-refractivity contribution in [1.29, 1.82) is 0 Å². The molecule has 0 aliphatic rings. The summed E-state index contributed by atoms with van der Waals surface area (Å²) in [5, 5.41) is 0. The topological polar surface area (TPSA) is 63.4 Å². The third-order valence-corrected chi connectivity index (χ3v) is 5.60. The van der Waals surface area contributed by atoms with E-state index in [1.54, 1.807) is 6.92 Å². The first-order valence-corrected chi connectivity index (χ1v) is 8.36. The molecule has 1 rings (SSSR count). The summed E-state index contributed by atoms with van der Waals surface area (Å²) in [4.78, 5) is -0.409. The summed E-state index contributed by atoms with van der Waals surface area (Å²) < 4.78 is 40.3. The Morgan fingerprint density at radius 2 is 1.85 bits per heavy atom. The maximum Gasteiger partial charge on any atom is 0.248 e. The number of nitrogen functional groups attached to an aromatic ring is 1. The number of benzene rings is 1. The normalized spacial score (nSPS) is 12.3. The molecular formula is C14H23FN2O2S. The van der Waals surface area contributed by atoms with E-state index in [9.17, 15) is 12.8 Å². The van der Waals surface area contributed by atoms with E-state index in [0.29, 0.717) is 13.1 Å². The summed E-state index contributed by atoms with van der Waals surface area (Å²) in [6, 6.07) is 3.93. The van der Waals surface area contributed by atoms with Crippen molar-refractivity contribution in [2.24, 2.45) is 5.92 Å². The van der Waals surface area contributed by atoms with E-state index >= 15 is 0 Å². The van der Waals surface area contributed by atoms with Crippen molar-refractivity contribution in [3.63, 3.8) is 0 Å². The predicted molar refractivity (Wildman–Crippen MR) is 79.3 cm³/mol. The van der Waals surface area contributed by atoms with Crippen LogP contribution < -0.4 is 5.73 Å². The number of nitrogens with two attached hydrogens (primary N) is 1. The molecule has 4 nitrogen and oxygen atoms in total. The zero-order valence-electron chi connectivity index (χ0n) is 12.3. The van der Waals surface area contributed by atoms with Gasteiger partial charge >= 0.3 is 0 Å². The molecule has 0 fully saturated rings. The molecule has 0 spiro atoms. The van der Waals surface area contributed by atoms with Crippen LogP contribution in [-0.4, -0.2) is 25.8 Å². The van der Waals surface area contributed by atoms with Crippen LogP contribution in [0.2, 0.25) is 0 Å². The molecule has 114 valence electrons. The Hall–Kier alpha value is -1.14. The van der Waals surface area contributed by atoms with Gasteiger partial charge in [-0.3, -0.25) is 0 Å². The quantitative estimate of drug-likeness (QED) is 0.788. The lowest BCUT2D eigenvalue weighted by Crippen LogP contribution is -2.36. The van der Waals surface area contributed by atoms with Gasteiger partial charge in [-0.15, -0.1) is 0 Å². The van der Waals surface area contributed by atoms with E-state index in [0.717, 1.165) is 18.9 Å². The fourth-order valence-corrected chi connectivity index (χ4v) is 3.84. The van der Waals surface area contributed by atoms with Crippen LogP contribution in [0, 0.1) is 11.7 Å². The number of hydrogen-bond donors (Lipinski definition) is 1. The molecule has 0 atom stereocenters. The largest absolute Gasteiger partial charge is 0.398 e. The fraction of sp³-hybridized carbons (Fsp3) is 0.571. The van der Waals surface area contributed by atoms with Crippen LogP contribution >= 0.6 is 0 Å². The molecule has 0 aromatic heterocycles. The van der Waals surface area contributed by atoms with Gasteiger partial charge in [0.15, 0.2) is 0 Å². The summed E-state index contributed by atoms with van der Waals surface area (Å²) in [6.45, 7) is 6.47. The molecule has 0 radical (unpaired) electrons. The lowest BCUT2D eigenvalue weighted by Gasteiger charge is -2.25. The van der Waals surface area contributed by atoms with Crippen LogP contribution in [-0.2, 0) is 10.0 Å². The number of anilines is 1. The molecule has 20 heavy (non-hydrogen) atoms. The van der Waals surface area contributed by atoms with Crippen LogP contribution in [0.15, 0.2) is 23.1 Å². The zero-order valence-corrected chi connectivity index (χ0v) is 13.1. The molecule has 0 amide bonds. The molecule has 0 saturated carbocycles. The first-order valence-electron chi connectivity index (χ1n) is 6.92. The Bertz CT molecular complexity index is 522. The third kappa shape index (κ3) is 3.49. The monoisotopic (exact) mass is 302 g/mol. The van der Waals surface area contributed by atoms with Gasteiger partial charge < -0.3 is 5.73 Å². The van der Waals surface area contributed by atoms with Crippen LogP contribution in [0.3, 0.4) is 0 Å². The van der Waals surface area contributed by atoms with Gasteiger partial charge in [-0.2, -0.15) is 4.31 Å². The second kappa shape index (κ2) is 7.04. The highest BCUT2D eigenvalue weighted by Crippen LogP contribution is 2.26. The summed E-state index contributed by atoms with van der Waals surface area (Å²) in [6.07, 6.45) is 1.77. The Morgan fingerprint density at radius 1 is 1.25 bits per heavy atom. The van der Waals surface area contributed by atoms with Gasteiger partial charge in [-0.1, -0.05) is 39.7 Å². The maximum absolute atomic E-state index is 13.9. The van der Waals surface area contributed by atoms with Crippen LogP contribution in [0.5, 0.6) is 0 Å². The lowest BCUT2D eigenvalue weighted by molar-refractivity contribution is 0.338. The minimum absolute atomic E-state index is 0.0482. The van der Waals surface area contributed by atoms with Crippen molar-refractivity contribution in [2.45, 2.75) is 38.5 Å². The van der Waals surface area contributed by atoms with E-state index in [1.165, 1.54) is 16.4 Å². The van der Waals surface area contributed by atoms with Crippen molar-refractivity contribution < 1.29 is 12.8 Å². The van der Waals surface area contributed by atoms with Crippen molar-refractivity contribution in [3.05, 3.63) is 24.0 Å². The second-order valence-corrected chi connectivity index (χ2v) is 6.67. The van der Waals surface area contributed by atoms with Crippen molar-refractivity contribution in [1.82, 2.24) is 4.31 Å². The van der Waals surface area contributed by atoms with Gasteiger partial charge in [-0.25, -0.2) is 12.8 Å². The van der Waals surface area contributed by atoms with Crippen LogP contribution in [0.1, 0.15) is 33.6 Å². The minimum Gasteiger partial charge on any atom is -0.398 e. The van der Waals surface area contributed by atoms with E-state index in [2.05, 4.69) is 0 Å². The van der Waals surface area contributed by atoms with E-state index in [4.69, 9.17) is 5.73 Å². The molecule has 0 bridgehead atoms. The zero-order chi connectivity index (χ0) is 15.3. The van der Waals surface area contributed by atoms with Gasteiger partial charge in [0.2, 0.25) is 10.0 Å². The van der Waals surface area contributed by atoms with Crippen molar-refractivity contribution >= 4 is 15.7 Å². The highest BCUT2D eigenvalue weighted by Gasteiger charge is 2.29. The third-order valence-electron chi connectivity index (χ3n) is 3.56. The van der Waals surface area contributed by atoms with E-state index < -0.39 is 20.7 Å². The number of hydrogen-bond acceptors (Lipinski definition) is 3. The van der Waals surface area contributed by atoms with Gasteiger partial charge in [0, 0.05) is 13.1 Å². The first-order chi connectivity index (χ1) is 9.38. The van der Waals surface area contributed by atoms with Crippen molar-refractivity contribution in [2.75, 3.05) is 18.8 Å². The highest BCUT2D eigenvalue weighted by atomic mass is 32.2. The predicted octanol–water partition coefficient (Wildman–Crippen LogP) is 2.85. The maximum atomic E-state index is 13.9. The van der Waals surface area contributed by atoms with Crippen molar-refractivity contribution in [3.8, 4) is 0 Å².